The smallest absolute Gasteiger partial charge is 0.0593 e. The summed E-state index contributed by atoms with van der Waals surface area (Å²) in [5.41, 5.74) is 4.77. The van der Waals surface area contributed by atoms with E-state index in [-0.39, 0.29) is 12.6 Å². The average Bonchev–Trinajstić information content (AvgIpc) is 2.81. The van der Waals surface area contributed by atoms with Gasteiger partial charge in [0.15, 0.2) is 0 Å². The molecule has 2 aliphatic rings. The number of aromatic nitrogens is 2. The minimum atomic E-state index is 0.212. The second-order valence-electron chi connectivity index (χ2n) is 8.71. The molecule has 3 atom stereocenters. The fourth-order valence-electron chi connectivity index (χ4n) is 5.31. The van der Waals surface area contributed by atoms with Crippen LogP contribution in [-0.4, -0.2) is 63.2 Å². The Labute approximate surface area is 184 Å². The van der Waals surface area contributed by atoms with Gasteiger partial charge in [0.05, 0.1) is 12.3 Å². The van der Waals surface area contributed by atoms with Gasteiger partial charge in [-0.1, -0.05) is 36.4 Å². The van der Waals surface area contributed by atoms with E-state index in [4.69, 9.17) is 0 Å². The number of fused-ring (bicyclic) bond motifs is 1. The minimum absolute atomic E-state index is 0.212. The maximum atomic E-state index is 10.2. The van der Waals surface area contributed by atoms with Crippen molar-refractivity contribution in [2.75, 3.05) is 26.2 Å². The van der Waals surface area contributed by atoms with E-state index < -0.39 is 0 Å². The van der Waals surface area contributed by atoms with Crippen LogP contribution in [0.3, 0.4) is 0 Å². The van der Waals surface area contributed by atoms with Crippen molar-refractivity contribution < 1.29 is 5.11 Å². The highest BCUT2D eigenvalue weighted by Crippen LogP contribution is 2.42. The Morgan fingerprint density at radius 3 is 2.52 bits per heavy atom. The van der Waals surface area contributed by atoms with Gasteiger partial charge in [0.2, 0.25) is 0 Å². The van der Waals surface area contributed by atoms with Gasteiger partial charge in [-0.3, -0.25) is 19.8 Å². The molecule has 1 N–H and O–H groups in total. The Morgan fingerprint density at radius 1 is 0.903 bits per heavy atom. The van der Waals surface area contributed by atoms with Gasteiger partial charge in [0.25, 0.3) is 0 Å². The van der Waals surface area contributed by atoms with Gasteiger partial charge >= 0.3 is 0 Å². The molecule has 0 radical (unpaired) electrons. The lowest BCUT2D eigenvalue weighted by atomic mass is 9.74. The van der Waals surface area contributed by atoms with E-state index in [0.717, 1.165) is 37.4 Å². The summed E-state index contributed by atoms with van der Waals surface area (Å²) in [6.07, 6.45) is 7.96. The second-order valence-corrected chi connectivity index (χ2v) is 8.71. The first-order chi connectivity index (χ1) is 15.3. The van der Waals surface area contributed by atoms with Crippen LogP contribution >= 0.6 is 0 Å². The van der Waals surface area contributed by atoms with Gasteiger partial charge in [-0.2, -0.15) is 0 Å². The van der Waals surface area contributed by atoms with Gasteiger partial charge in [-0.15, -0.1) is 0 Å². The van der Waals surface area contributed by atoms with E-state index >= 15 is 0 Å². The van der Waals surface area contributed by atoms with Crippen molar-refractivity contribution >= 4 is 0 Å². The van der Waals surface area contributed by atoms with Crippen molar-refractivity contribution in [2.24, 2.45) is 0 Å². The molecule has 1 aromatic carbocycles. The van der Waals surface area contributed by atoms with Crippen molar-refractivity contribution in [2.45, 2.75) is 37.4 Å². The highest BCUT2D eigenvalue weighted by Gasteiger charge is 2.49. The zero-order valence-electron chi connectivity index (χ0n) is 17.8. The summed E-state index contributed by atoms with van der Waals surface area (Å²) >= 11 is 0. The minimum Gasteiger partial charge on any atom is -0.395 e. The molecule has 4 heterocycles. The SMILES string of the molecule is OC[C@@H]1[C@H](c2ccc(-c3cccnc3)cc2)[C@@H]2CN(Cc3ccccn3)CCCCN12. The van der Waals surface area contributed by atoms with Gasteiger partial charge < -0.3 is 5.11 Å². The topological polar surface area (TPSA) is 52.5 Å². The molecule has 0 spiro atoms. The molecule has 31 heavy (non-hydrogen) atoms. The molecular formula is C26H30N4O. The third-order valence-corrected chi connectivity index (χ3v) is 6.86. The number of nitrogens with zero attached hydrogens (tertiary/aromatic N) is 4. The van der Waals surface area contributed by atoms with E-state index in [1.165, 1.54) is 24.0 Å². The highest BCUT2D eigenvalue weighted by molar-refractivity contribution is 5.62. The first-order valence-corrected chi connectivity index (χ1v) is 11.3. The van der Waals surface area contributed by atoms with Crippen LogP contribution in [-0.2, 0) is 6.54 Å². The van der Waals surface area contributed by atoms with E-state index in [1.807, 2.05) is 24.5 Å². The first kappa shape index (κ1) is 20.3. The van der Waals surface area contributed by atoms with Gasteiger partial charge in [0.1, 0.15) is 0 Å². The Kier molecular flexibility index (Phi) is 6.07. The summed E-state index contributed by atoms with van der Waals surface area (Å²) in [6, 6.07) is 19.7. The van der Waals surface area contributed by atoms with Crippen molar-refractivity contribution in [1.82, 2.24) is 19.8 Å². The maximum Gasteiger partial charge on any atom is 0.0593 e. The number of aliphatic hydroxyl groups is 1. The molecular weight excluding hydrogens is 384 g/mol. The lowest BCUT2D eigenvalue weighted by Crippen LogP contribution is -2.67. The van der Waals surface area contributed by atoms with Crippen LogP contribution in [0.2, 0.25) is 0 Å². The molecule has 2 saturated heterocycles. The molecule has 0 bridgehead atoms. The Morgan fingerprint density at radius 2 is 1.77 bits per heavy atom. The lowest BCUT2D eigenvalue weighted by molar-refractivity contribution is -0.0656. The molecule has 0 aliphatic carbocycles. The molecule has 2 aliphatic heterocycles. The van der Waals surface area contributed by atoms with E-state index in [9.17, 15) is 5.11 Å². The molecule has 3 aromatic rings. The van der Waals surface area contributed by atoms with Gasteiger partial charge in [-0.05, 0) is 60.8 Å². The molecule has 0 saturated carbocycles. The zero-order valence-corrected chi connectivity index (χ0v) is 17.8. The summed E-state index contributed by atoms with van der Waals surface area (Å²) in [5, 5.41) is 10.2. The monoisotopic (exact) mass is 414 g/mol. The molecule has 160 valence electrons. The van der Waals surface area contributed by atoms with Crippen molar-refractivity contribution in [1.29, 1.82) is 0 Å². The van der Waals surface area contributed by atoms with Crippen molar-refractivity contribution in [3.05, 3.63) is 84.4 Å². The van der Waals surface area contributed by atoms with E-state index in [1.54, 1.807) is 6.20 Å². The van der Waals surface area contributed by atoms with Crippen LogP contribution in [0.15, 0.2) is 73.2 Å². The first-order valence-electron chi connectivity index (χ1n) is 11.3. The highest BCUT2D eigenvalue weighted by atomic mass is 16.3. The van der Waals surface area contributed by atoms with Crippen molar-refractivity contribution in [3.8, 4) is 11.1 Å². The molecule has 2 aromatic heterocycles. The summed E-state index contributed by atoms with van der Waals surface area (Å²) in [4.78, 5) is 13.8. The quantitative estimate of drug-likeness (QED) is 0.692. The van der Waals surface area contributed by atoms with Crippen LogP contribution in [0, 0.1) is 0 Å². The van der Waals surface area contributed by atoms with Gasteiger partial charge in [-0.25, -0.2) is 0 Å². The number of aliphatic hydroxyl groups excluding tert-OH is 1. The Hall–Kier alpha value is -2.60. The third-order valence-electron chi connectivity index (χ3n) is 6.86. The normalized spacial score (nSPS) is 24.6. The number of hydrogen-bond acceptors (Lipinski definition) is 5. The fourth-order valence-corrected chi connectivity index (χ4v) is 5.31. The molecule has 2 fully saturated rings. The average molecular weight is 415 g/mol. The number of pyridine rings is 2. The van der Waals surface area contributed by atoms with Crippen molar-refractivity contribution in [3.63, 3.8) is 0 Å². The molecule has 5 nitrogen and oxygen atoms in total. The predicted octanol–water partition coefficient (Wildman–Crippen LogP) is 3.57. The number of benzene rings is 1. The molecule has 5 heteroatoms. The van der Waals surface area contributed by atoms with Crippen LogP contribution < -0.4 is 0 Å². The van der Waals surface area contributed by atoms with Gasteiger partial charge in [0, 0.05) is 49.7 Å². The van der Waals surface area contributed by atoms with Crippen LogP contribution in [0.4, 0.5) is 0 Å². The summed E-state index contributed by atoms with van der Waals surface area (Å²) in [6.45, 7) is 4.31. The summed E-state index contributed by atoms with van der Waals surface area (Å²) < 4.78 is 0. The predicted molar refractivity (Wildman–Crippen MR) is 123 cm³/mol. The molecule has 5 rings (SSSR count). The standard InChI is InChI=1S/C26H30N4O/c31-19-25-26(21-10-8-20(9-11-21)22-6-5-12-27-16-22)24-18-29(14-3-4-15-30(24)25)17-23-7-1-2-13-28-23/h1-2,5-13,16,24-26,31H,3-4,14-15,17-19H2/t24-,25+,26+/m0/s1. The summed E-state index contributed by atoms with van der Waals surface area (Å²) in [7, 11) is 0. The van der Waals surface area contributed by atoms with E-state index in [2.05, 4.69) is 62.2 Å². The summed E-state index contributed by atoms with van der Waals surface area (Å²) in [5.74, 6) is 0.359. The lowest BCUT2D eigenvalue weighted by Gasteiger charge is -2.57. The van der Waals surface area contributed by atoms with Crippen LogP contribution in [0.5, 0.6) is 0 Å². The number of rotatable bonds is 5. The van der Waals surface area contributed by atoms with E-state index in [0.29, 0.717) is 12.0 Å². The Bertz CT molecular complexity index is 964. The fraction of sp³-hybridized carbons (Fsp3) is 0.385. The van der Waals surface area contributed by atoms with Crippen LogP contribution in [0.1, 0.15) is 30.0 Å². The molecule has 0 amide bonds. The number of hydrogen-bond donors (Lipinski definition) is 1. The third kappa shape index (κ3) is 4.26. The Balaban J connectivity index is 1.36. The largest absolute Gasteiger partial charge is 0.395 e. The van der Waals surface area contributed by atoms with Crippen LogP contribution in [0.25, 0.3) is 11.1 Å². The second kappa shape index (κ2) is 9.27. The molecule has 0 unspecified atom stereocenters. The maximum absolute atomic E-state index is 10.2. The zero-order chi connectivity index (χ0) is 21.0.